The fourth-order valence-corrected chi connectivity index (χ4v) is 5.14. The van der Waals surface area contributed by atoms with E-state index in [1.165, 1.54) is 0 Å². The summed E-state index contributed by atoms with van der Waals surface area (Å²) in [6.07, 6.45) is 2.25. The highest BCUT2D eigenvalue weighted by Gasteiger charge is 2.43. The Labute approximate surface area is 128 Å². The zero-order valence-electron chi connectivity index (χ0n) is 13.5. The predicted molar refractivity (Wildman–Crippen MR) is 83.5 cm³/mol. The number of carbonyl (C=O) groups excluding carboxylic acids is 1. The van der Waals surface area contributed by atoms with Crippen molar-refractivity contribution in [1.82, 2.24) is 10.2 Å². The molecular weight excluding hydrogens is 288 g/mol. The van der Waals surface area contributed by atoms with Gasteiger partial charge in [-0.1, -0.05) is 27.7 Å². The molecule has 6 heteroatoms. The summed E-state index contributed by atoms with van der Waals surface area (Å²) >= 11 is 0. The number of nitrogens with one attached hydrogen (secondary N) is 1. The van der Waals surface area contributed by atoms with Gasteiger partial charge in [-0.25, -0.2) is 8.42 Å². The second kappa shape index (κ2) is 6.24. The first-order chi connectivity index (χ1) is 9.72. The molecule has 0 aliphatic carbocycles. The fourth-order valence-electron chi connectivity index (χ4n) is 3.32. The molecule has 0 aromatic heterocycles. The third kappa shape index (κ3) is 3.59. The Kier molecular flexibility index (Phi) is 4.98. The van der Waals surface area contributed by atoms with Crippen LogP contribution in [0.1, 0.15) is 47.0 Å². The summed E-state index contributed by atoms with van der Waals surface area (Å²) in [6.45, 7) is 8.66. The molecule has 122 valence electrons. The van der Waals surface area contributed by atoms with E-state index in [1.54, 1.807) is 4.90 Å². The Balaban J connectivity index is 2.15. The average Bonchev–Trinajstić information content (AvgIpc) is 2.83. The molecule has 2 rings (SSSR count). The van der Waals surface area contributed by atoms with E-state index in [2.05, 4.69) is 19.2 Å². The molecule has 1 N–H and O–H groups in total. The summed E-state index contributed by atoms with van der Waals surface area (Å²) < 4.78 is 24.1. The highest BCUT2D eigenvalue weighted by Crippen LogP contribution is 2.26. The Morgan fingerprint density at radius 1 is 1.29 bits per heavy atom. The van der Waals surface area contributed by atoms with Crippen molar-refractivity contribution >= 4 is 15.7 Å². The van der Waals surface area contributed by atoms with Crippen LogP contribution < -0.4 is 5.32 Å². The second-order valence-electron chi connectivity index (χ2n) is 7.16. The molecule has 2 heterocycles. The van der Waals surface area contributed by atoms with Gasteiger partial charge in [0.1, 0.15) is 0 Å². The molecule has 2 saturated heterocycles. The monoisotopic (exact) mass is 316 g/mol. The van der Waals surface area contributed by atoms with Crippen LogP contribution in [0.4, 0.5) is 0 Å². The first kappa shape index (κ1) is 16.7. The minimum Gasteiger partial charge on any atom is -0.324 e. The molecule has 1 amide bonds. The summed E-state index contributed by atoms with van der Waals surface area (Å²) in [5.74, 6) is 1.02. The smallest absolute Gasteiger partial charge is 0.241 e. The Hall–Kier alpha value is -0.620. The molecule has 5 nitrogen and oxygen atoms in total. The van der Waals surface area contributed by atoms with E-state index >= 15 is 0 Å². The number of sulfone groups is 1. The molecule has 3 atom stereocenters. The van der Waals surface area contributed by atoms with Gasteiger partial charge in [0, 0.05) is 6.54 Å². The van der Waals surface area contributed by atoms with Crippen molar-refractivity contribution in [2.24, 2.45) is 11.8 Å². The average molecular weight is 316 g/mol. The normalized spacial score (nSPS) is 32.6. The van der Waals surface area contributed by atoms with Gasteiger partial charge >= 0.3 is 0 Å². The van der Waals surface area contributed by atoms with E-state index in [0.717, 1.165) is 12.8 Å². The number of hydrogen-bond donors (Lipinski definition) is 1. The lowest BCUT2D eigenvalue weighted by Gasteiger charge is -2.27. The van der Waals surface area contributed by atoms with E-state index in [0.29, 0.717) is 18.9 Å². The van der Waals surface area contributed by atoms with Crippen LogP contribution in [0.2, 0.25) is 0 Å². The highest BCUT2D eigenvalue weighted by atomic mass is 32.2. The highest BCUT2D eigenvalue weighted by molar-refractivity contribution is 7.92. The molecule has 0 aromatic rings. The molecule has 2 fully saturated rings. The predicted octanol–water partition coefficient (Wildman–Crippen LogP) is 1.39. The molecule has 3 unspecified atom stereocenters. The van der Waals surface area contributed by atoms with E-state index in [1.807, 2.05) is 13.8 Å². The van der Waals surface area contributed by atoms with Crippen molar-refractivity contribution in [3.05, 3.63) is 0 Å². The van der Waals surface area contributed by atoms with Crippen molar-refractivity contribution in [3.8, 4) is 0 Å². The standard InChI is InChI=1S/C15H28N2O3S/c1-10(2)8-13-16-14(11(3)4)15(18)17(13)9-12-6-5-7-21(12,19)20/h10-14,16H,5-9H2,1-4H3. The van der Waals surface area contributed by atoms with Gasteiger partial charge in [0.05, 0.1) is 23.2 Å². The van der Waals surface area contributed by atoms with E-state index in [4.69, 9.17) is 0 Å². The third-order valence-corrected chi connectivity index (χ3v) is 6.78. The van der Waals surface area contributed by atoms with Gasteiger partial charge < -0.3 is 4.90 Å². The minimum absolute atomic E-state index is 0.0271. The van der Waals surface area contributed by atoms with Gasteiger partial charge in [-0.3, -0.25) is 10.1 Å². The molecule has 0 spiro atoms. The second-order valence-corrected chi connectivity index (χ2v) is 9.56. The zero-order chi connectivity index (χ0) is 15.8. The first-order valence-electron chi connectivity index (χ1n) is 8.00. The van der Waals surface area contributed by atoms with Crippen molar-refractivity contribution < 1.29 is 13.2 Å². The molecule has 0 bridgehead atoms. The lowest BCUT2D eigenvalue weighted by Crippen LogP contribution is -2.43. The summed E-state index contributed by atoms with van der Waals surface area (Å²) in [6, 6.07) is -0.183. The Morgan fingerprint density at radius 3 is 2.43 bits per heavy atom. The zero-order valence-corrected chi connectivity index (χ0v) is 14.3. The van der Waals surface area contributed by atoms with Gasteiger partial charge in [-0.15, -0.1) is 0 Å². The number of rotatable bonds is 5. The van der Waals surface area contributed by atoms with Crippen LogP contribution in [0.15, 0.2) is 0 Å². The molecule has 0 radical (unpaired) electrons. The molecule has 2 aliphatic rings. The maximum atomic E-state index is 12.6. The molecule has 0 aromatic carbocycles. The largest absolute Gasteiger partial charge is 0.324 e. The summed E-state index contributed by atoms with van der Waals surface area (Å²) in [5.41, 5.74) is 0. The SMILES string of the molecule is CC(C)CC1NC(C(C)C)C(=O)N1CC1CCCS1(=O)=O. The minimum atomic E-state index is -3.01. The summed E-state index contributed by atoms with van der Waals surface area (Å²) in [5, 5.41) is 3.03. The van der Waals surface area contributed by atoms with Crippen LogP contribution in [0.3, 0.4) is 0 Å². The van der Waals surface area contributed by atoms with Gasteiger partial charge in [0.15, 0.2) is 9.84 Å². The Morgan fingerprint density at radius 2 is 1.95 bits per heavy atom. The summed E-state index contributed by atoms with van der Waals surface area (Å²) in [4.78, 5) is 14.4. The van der Waals surface area contributed by atoms with Crippen LogP contribution in [-0.4, -0.2) is 49.0 Å². The van der Waals surface area contributed by atoms with Crippen molar-refractivity contribution in [3.63, 3.8) is 0 Å². The van der Waals surface area contributed by atoms with Crippen LogP contribution in [-0.2, 0) is 14.6 Å². The molecule has 21 heavy (non-hydrogen) atoms. The molecular formula is C15H28N2O3S. The van der Waals surface area contributed by atoms with Gasteiger partial charge in [0.25, 0.3) is 0 Å². The van der Waals surface area contributed by atoms with Gasteiger partial charge in [-0.2, -0.15) is 0 Å². The maximum Gasteiger partial charge on any atom is 0.241 e. The summed E-state index contributed by atoms with van der Waals surface area (Å²) in [7, 11) is -3.01. The fraction of sp³-hybridized carbons (Fsp3) is 0.933. The van der Waals surface area contributed by atoms with Crippen LogP contribution in [0.5, 0.6) is 0 Å². The lowest BCUT2D eigenvalue weighted by molar-refractivity contribution is -0.130. The molecule has 0 saturated carbocycles. The van der Waals surface area contributed by atoms with E-state index < -0.39 is 9.84 Å². The number of nitrogens with zero attached hydrogens (tertiary/aromatic N) is 1. The quantitative estimate of drug-likeness (QED) is 0.832. The van der Waals surface area contributed by atoms with Crippen LogP contribution >= 0.6 is 0 Å². The van der Waals surface area contributed by atoms with Crippen molar-refractivity contribution in [2.45, 2.75) is 64.4 Å². The first-order valence-corrected chi connectivity index (χ1v) is 9.72. The van der Waals surface area contributed by atoms with E-state index in [-0.39, 0.29) is 35.0 Å². The van der Waals surface area contributed by atoms with Gasteiger partial charge in [0.2, 0.25) is 5.91 Å². The number of hydrogen-bond acceptors (Lipinski definition) is 4. The van der Waals surface area contributed by atoms with E-state index in [9.17, 15) is 13.2 Å². The topological polar surface area (TPSA) is 66.5 Å². The lowest BCUT2D eigenvalue weighted by atomic mass is 10.0. The Bertz CT molecular complexity index is 487. The van der Waals surface area contributed by atoms with Crippen LogP contribution in [0.25, 0.3) is 0 Å². The van der Waals surface area contributed by atoms with Crippen molar-refractivity contribution in [2.75, 3.05) is 12.3 Å². The number of amides is 1. The number of carbonyl (C=O) groups is 1. The molecule has 2 aliphatic heterocycles. The van der Waals surface area contributed by atoms with Crippen molar-refractivity contribution in [1.29, 1.82) is 0 Å². The van der Waals surface area contributed by atoms with Gasteiger partial charge in [-0.05, 0) is 31.1 Å². The third-order valence-electron chi connectivity index (χ3n) is 4.52. The van der Waals surface area contributed by atoms with Crippen LogP contribution in [0, 0.1) is 11.8 Å². The maximum absolute atomic E-state index is 12.6.